The van der Waals surface area contributed by atoms with Crippen molar-refractivity contribution in [3.05, 3.63) is 23.2 Å². The largest absolute Gasteiger partial charge is 0.497 e. The van der Waals surface area contributed by atoms with E-state index < -0.39 is 15.3 Å². The quantitative estimate of drug-likeness (QED) is 0.810. The molecular formula is C10H13ClN2O3S2. The van der Waals surface area contributed by atoms with Gasteiger partial charge in [-0.1, -0.05) is 23.8 Å². The fourth-order valence-electron chi connectivity index (χ4n) is 1.10. The summed E-state index contributed by atoms with van der Waals surface area (Å²) in [6.45, 7) is 1.40. The maximum atomic E-state index is 11.9. The van der Waals surface area contributed by atoms with E-state index in [0.717, 1.165) is 0 Å². The number of hydrogen-bond donors (Lipinski definition) is 2. The van der Waals surface area contributed by atoms with Gasteiger partial charge >= 0.3 is 0 Å². The summed E-state index contributed by atoms with van der Waals surface area (Å²) in [7, 11) is -2.24. The molecule has 0 aliphatic heterocycles. The molecule has 100 valence electrons. The van der Waals surface area contributed by atoms with Crippen LogP contribution in [0.3, 0.4) is 0 Å². The minimum absolute atomic E-state index is 0.110. The summed E-state index contributed by atoms with van der Waals surface area (Å²) >= 11 is 10.6. The molecule has 0 heterocycles. The fourth-order valence-corrected chi connectivity index (χ4v) is 2.66. The van der Waals surface area contributed by atoms with Crippen LogP contribution in [0.15, 0.2) is 18.2 Å². The minimum Gasteiger partial charge on any atom is -0.497 e. The number of rotatable bonds is 5. The lowest BCUT2D eigenvalue weighted by molar-refractivity contribution is 0.415. The minimum atomic E-state index is -3.72. The van der Waals surface area contributed by atoms with E-state index in [2.05, 4.69) is 16.9 Å². The van der Waals surface area contributed by atoms with Crippen molar-refractivity contribution in [2.24, 2.45) is 5.73 Å². The highest BCUT2D eigenvalue weighted by molar-refractivity contribution is 7.95. The first kappa shape index (κ1) is 15.0. The highest BCUT2D eigenvalue weighted by Gasteiger charge is 2.24. The summed E-state index contributed by atoms with van der Waals surface area (Å²) in [4.78, 5) is -0.110. The van der Waals surface area contributed by atoms with Gasteiger partial charge in [0, 0.05) is 6.07 Å². The van der Waals surface area contributed by atoms with Crippen LogP contribution in [0.1, 0.15) is 6.92 Å². The molecule has 5 nitrogen and oxygen atoms in total. The Morgan fingerprint density at radius 2 is 2.17 bits per heavy atom. The van der Waals surface area contributed by atoms with Crippen LogP contribution in [0.4, 0.5) is 5.69 Å². The molecule has 0 aliphatic rings. The van der Waals surface area contributed by atoms with Crippen LogP contribution >= 0.6 is 23.8 Å². The second-order valence-electron chi connectivity index (χ2n) is 3.54. The van der Waals surface area contributed by atoms with Gasteiger partial charge in [-0.05, 0) is 19.1 Å². The lowest BCUT2D eigenvalue weighted by Gasteiger charge is -2.15. The Kier molecular flexibility index (Phi) is 4.78. The molecule has 0 saturated heterocycles. The standard InChI is InChI=1S/C10H13ClN2O3S2/c1-6(10(12)17)18(14,15)13-9-5-7(16-2)3-4-8(9)11/h3-6,13H,1-2H3,(H2,12,17). The number of sulfonamides is 1. The molecule has 0 fully saturated rings. The normalized spacial score (nSPS) is 12.8. The number of nitrogens with two attached hydrogens (primary N) is 1. The Bertz CT molecular complexity index is 560. The first-order chi connectivity index (χ1) is 8.27. The van der Waals surface area contributed by atoms with Crippen LogP contribution in [0.25, 0.3) is 0 Å². The van der Waals surface area contributed by atoms with Crippen LogP contribution in [0.2, 0.25) is 5.02 Å². The Morgan fingerprint density at radius 3 is 2.67 bits per heavy atom. The number of nitrogens with one attached hydrogen (secondary N) is 1. The zero-order chi connectivity index (χ0) is 13.9. The lowest BCUT2D eigenvalue weighted by Crippen LogP contribution is -2.35. The van der Waals surface area contributed by atoms with Gasteiger partial charge < -0.3 is 10.5 Å². The third-order valence-corrected chi connectivity index (χ3v) is 4.81. The van der Waals surface area contributed by atoms with Crippen molar-refractivity contribution in [1.29, 1.82) is 0 Å². The first-order valence-electron chi connectivity index (χ1n) is 4.92. The van der Waals surface area contributed by atoms with Crippen LogP contribution < -0.4 is 15.2 Å². The monoisotopic (exact) mass is 308 g/mol. The van der Waals surface area contributed by atoms with Crippen LogP contribution in [0.5, 0.6) is 5.75 Å². The number of ether oxygens (including phenoxy) is 1. The van der Waals surface area contributed by atoms with Crippen molar-refractivity contribution in [3.63, 3.8) is 0 Å². The zero-order valence-electron chi connectivity index (χ0n) is 9.81. The third kappa shape index (κ3) is 3.47. The molecule has 1 aromatic rings. The summed E-state index contributed by atoms with van der Waals surface area (Å²) in [5, 5.41) is -0.732. The van der Waals surface area contributed by atoms with Crippen LogP contribution in [-0.2, 0) is 10.0 Å². The molecular weight excluding hydrogens is 296 g/mol. The Hall–Kier alpha value is -1.05. The van der Waals surface area contributed by atoms with Crippen molar-refractivity contribution in [2.45, 2.75) is 12.2 Å². The smallest absolute Gasteiger partial charge is 0.241 e. The van der Waals surface area contributed by atoms with Gasteiger partial charge in [-0.3, -0.25) is 4.72 Å². The van der Waals surface area contributed by atoms with Crippen molar-refractivity contribution in [1.82, 2.24) is 0 Å². The van der Waals surface area contributed by atoms with Crippen molar-refractivity contribution in [2.75, 3.05) is 11.8 Å². The Labute approximate surface area is 116 Å². The van der Waals surface area contributed by atoms with E-state index in [4.69, 9.17) is 22.1 Å². The van der Waals surface area contributed by atoms with E-state index in [-0.39, 0.29) is 15.7 Å². The first-order valence-corrected chi connectivity index (χ1v) is 7.25. The van der Waals surface area contributed by atoms with Gasteiger partial charge in [0.25, 0.3) is 0 Å². The number of thiocarbonyl (C=S) groups is 1. The van der Waals surface area contributed by atoms with E-state index in [1.54, 1.807) is 6.07 Å². The molecule has 1 unspecified atom stereocenters. The number of methoxy groups -OCH3 is 1. The molecule has 0 amide bonds. The van der Waals surface area contributed by atoms with E-state index in [9.17, 15) is 8.42 Å². The molecule has 0 spiro atoms. The van der Waals surface area contributed by atoms with Gasteiger partial charge in [-0.25, -0.2) is 8.42 Å². The van der Waals surface area contributed by atoms with Gasteiger partial charge in [-0.2, -0.15) is 0 Å². The fraction of sp³-hybridized carbons (Fsp3) is 0.300. The average Bonchev–Trinajstić information content (AvgIpc) is 2.30. The maximum Gasteiger partial charge on any atom is 0.241 e. The molecule has 3 N–H and O–H groups in total. The third-order valence-electron chi connectivity index (χ3n) is 2.29. The summed E-state index contributed by atoms with van der Waals surface area (Å²) in [6, 6.07) is 4.63. The summed E-state index contributed by atoms with van der Waals surface area (Å²) < 4.78 is 31.2. The topological polar surface area (TPSA) is 81.4 Å². The van der Waals surface area contributed by atoms with E-state index in [1.165, 1.54) is 26.2 Å². The van der Waals surface area contributed by atoms with E-state index >= 15 is 0 Å². The van der Waals surface area contributed by atoms with Crippen molar-refractivity contribution >= 4 is 44.5 Å². The van der Waals surface area contributed by atoms with Crippen molar-refractivity contribution in [3.8, 4) is 5.75 Å². The summed E-state index contributed by atoms with van der Waals surface area (Å²) in [6.07, 6.45) is 0. The maximum absolute atomic E-state index is 11.9. The van der Waals surface area contributed by atoms with Crippen molar-refractivity contribution < 1.29 is 13.2 Å². The zero-order valence-corrected chi connectivity index (χ0v) is 12.2. The molecule has 0 saturated carbocycles. The molecule has 0 aromatic heterocycles. The summed E-state index contributed by atoms with van der Waals surface area (Å²) in [5.74, 6) is 0.486. The highest BCUT2D eigenvalue weighted by Crippen LogP contribution is 2.28. The molecule has 1 rings (SSSR count). The SMILES string of the molecule is COc1ccc(Cl)c(NS(=O)(=O)C(C)C(N)=S)c1. The van der Waals surface area contributed by atoms with Gasteiger partial charge in [-0.15, -0.1) is 0 Å². The molecule has 1 atom stereocenters. The number of anilines is 1. The van der Waals surface area contributed by atoms with E-state index in [0.29, 0.717) is 5.75 Å². The van der Waals surface area contributed by atoms with Crippen LogP contribution in [0, 0.1) is 0 Å². The van der Waals surface area contributed by atoms with Crippen LogP contribution in [-0.4, -0.2) is 25.8 Å². The molecule has 1 aromatic carbocycles. The van der Waals surface area contributed by atoms with Gasteiger partial charge in [0.1, 0.15) is 11.0 Å². The predicted octanol–water partition coefficient (Wildman–Crippen LogP) is 1.76. The lowest BCUT2D eigenvalue weighted by atomic mass is 10.3. The second kappa shape index (κ2) is 5.73. The van der Waals surface area contributed by atoms with E-state index in [1.807, 2.05) is 0 Å². The Morgan fingerprint density at radius 1 is 1.56 bits per heavy atom. The average molecular weight is 309 g/mol. The molecule has 18 heavy (non-hydrogen) atoms. The second-order valence-corrected chi connectivity index (χ2v) is 6.42. The molecule has 0 aliphatic carbocycles. The number of benzene rings is 1. The van der Waals surface area contributed by atoms with Gasteiger partial charge in [0.15, 0.2) is 0 Å². The summed E-state index contributed by atoms with van der Waals surface area (Å²) in [5.41, 5.74) is 5.55. The number of hydrogen-bond acceptors (Lipinski definition) is 4. The predicted molar refractivity (Wildman–Crippen MR) is 76.8 cm³/mol. The van der Waals surface area contributed by atoms with Gasteiger partial charge in [0.05, 0.1) is 22.8 Å². The molecule has 0 radical (unpaired) electrons. The number of halogens is 1. The molecule has 0 bridgehead atoms. The van der Waals surface area contributed by atoms with Gasteiger partial charge in [0.2, 0.25) is 10.0 Å². The highest BCUT2D eigenvalue weighted by atomic mass is 35.5. The molecule has 8 heteroatoms. The Balaban J connectivity index is 3.07.